The van der Waals surface area contributed by atoms with Crippen molar-refractivity contribution >= 4 is 72.6 Å². The number of carbonyl (C=O) groups excluding carboxylic acids is 1. The highest BCUT2D eigenvalue weighted by Crippen LogP contribution is 2.44. The largest absolute Gasteiger partial charge is 0.475 e. The van der Waals surface area contributed by atoms with E-state index in [0.29, 0.717) is 49.9 Å². The molecular weight excluding hydrogens is 894 g/mol. The zero-order valence-electron chi connectivity index (χ0n) is 37.6. The summed E-state index contributed by atoms with van der Waals surface area (Å²) >= 11 is 6.27. The van der Waals surface area contributed by atoms with E-state index < -0.39 is 37.4 Å². The lowest BCUT2D eigenvalue weighted by molar-refractivity contribution is -0.384. The minimum absolute atomic E-state index is 0.0100. The fourth-order valence-corrected chi connectivity index (χ4v) is 10.7. The Morgan fingerprint density at radius 2 is 1.81 bits per heavy atom. The van der Waals surface area contributed by atoms with Gasteiger partial charge in [0.2, 0.25) is 5.88 Å². The van der Waals surface area contributed by atoms with Crippen LogP contribution in [0, 0.1) is 38.7 Å². The zero-order valence-corrected chi connectivity index (χ0v) is 39.2. The van der Waals surface area contributed by atoms with Crippen LogP contribution in [0.5, 0.6) is 5.88 Å². The van der Waals surface area contributed by atoms with Crippen LogP contribution in [0.3, 0.4) is 0 Å². The van der Waals surface area contributed by atoms with Crippen LogP contribution in [0.25, 0.3) is 16.6 Å². The van der Waals surface area contributed by atoms with Crippen LogP contribution < -0.4 is 24.6 Å². The van der Waals surface area contributed by atoms with Crippen molar-refractivity contribution in [3.05, 3.63) is 111 Å². The number of aromatic nitrogens is 2. The van der Waals surface area contributed by atoms with E-state index in [0.717, 1.165) is 73.9 Å². The van der Waals surface area contributed by atoms with Gasteiger partial charge in [-0.15, -0.1) is 0 Å². The highest BCUT2D eigenvalue weighted by Gasteiger charge is 2.33. The van der Waals surface area contributed by atoms with Gasteiger partial charge in [0, 0.05) is 87.4 Å². The molecule has 5 aromatic rings. The van der Waals surface area contributed by atoms with E-state index in [9.17, 15) is 28.6 Å². The number of nitriles is 1. The molecule has 67 heavy (non-hydrogen) atoms. The second-order valence-corrected chi connectivity index (χ2v) is 20.8. The van der Waals surface area contributed by atoms with Crippen molar-refractivity contribution in [3.63, 3.8) is 0 Å². The van der Waals surface area contributed by atoms with Crippen LogP contribution >= 0.6 is 11.6 Å². The van der Waals surface area contributed by atoms with Crippen molar-refractivity contribution in [2.24, 2.45) is 17.3 Å². The molecule has 18 heteroatoms. The number of anilines is 4. The number of ether oxygens (including phenoxy) is 2. The van der Waals surface area contributed by atoms with Gasteiger partial charge in [0.25, 0.3) is 21.6 Å². The summed E-state index contributed by atoms with van der Waals surface area (Å²) in [5.74, 6) is -1.09. The Hall–Kier alpha value is -6.19. The van der Waals surface area contributed by atoms with Crippen LogP contribution in [-0.2, 0) is 14.8 Å². The molecule has 1 aliphatic carbocycles. The van der Waals surface area contributed by atoms with Crippen molar-refractivity contribution in [2.45, 2.75) is 50.8 Å². The number of benzene rings is 3. The number of hydrogen-bond acceptors (Lipinski definition) is 13. The third-order valence-corrected chi connectivity index (χ3v) is 15.0. The van der Waals surface area contributed by atoms with Gasteiger partial charge in [-0.05, 0) is 109 Å². The standard InChI is InChI=1S/C49H54ClN9O7S/c1-49(2)15-11-36(41(26-49)34-3-5-37(50)6-4-34)30-56-17-19-57(20-18-56)38-7-9-40(43(24-38)58-29-33(27-51)31-66-48-45(58)23-35-12-16-52-46(35)54-48)47(60)55-67(63,64)39-8-10-42(44(25-39)59(61)62)53-28-32-13-21-65-22-14-32/h3-10,12,16,23-25,32-33,53H,11,13-15,17-22,26,28-31H2,1-2H3,(H,52,54)(H,55,60)/t33-/m1/s1. The van der Waals surface area contributed by atoms with Crippen molar-refractivity contribution in [1.82, 2.24) is 19.6 Å². The average Bonchev–Trinajstić information content (AvgIpc) is 3.71. The van der Waals surface area contributed by atoms with E-state index in [2.05, 4.69) is 56.9 Å². The van der Waals surface area contributed by atoms with E-state index in [4.69, 9.17) is 26.1 Å². The predicted octanol–water partition coefficient (Wildman–Crippen LogP) is 8.54. The molecule has 0 radical (unpaired) electrons. The number of nitro benzene ring substituents is 1. The molecule has 0 bridgehead atoms. The lowest BCUT2D eigenvalue weighted by atomic mass is 9.72. The molecule has 5 heterocycles. The Bertz CT molecular complexity index is 2870. The lowest BCUT2D eigenvalue weighted by Crippen LogP contribution is -2.47. The number of piperazine rings is 1. The minimum Gasteiger partial charge on any atom is -0.475 e. The van der Waals surface area contributed by atoms with Crippen LogP contribution in [0.4, 0.5) is 28.4 Å². The number of nitro groups is 1. The van der Waals surface area contributed by atoms with E-state index in [1.54, 1.807) is 23.2 Å². The maximum absolute atomic E-state index is 14.5. The van der Waals surface area contributed by atoms with Gasteiger partial charge in [-0.2, -0.15) is 10.2 Å². The maximum Gasteiger partial charge on any atom is 0.293 e. The maximum atomic E-state index is 14.5. The van der Waals surface area contributed by atoms with Gasteiger partial charge in [0.15, 0.2) is 0 Å². The van der Waals surface area contributed by atoms with Crippen molar-refractivity contribution in [2.75, 3.05) is 80.8 Å². The summed E-state index contributed by atoms with van der Waals surface area (Å²) in [5, 5.41) is 27.1. The first kappa shape index (κ1) is 45.9. The van der Waals surface area contributed by atoms with Crippen LogP contribution in [0.2, 0.25) is 5.02 Å². The number of nitrogens with one attached hydrogen (secondary N) is 3. The Morgan fingerprint density at radius 3 is 2.55 bits per heavy atom. The molecule has 350 valence electrons. The second kappa shape index (κ2) is 19.2. The van der Waals surface area contributed by atoms with Gasteiger partial charge < -0.3 is 29.6 Å². The Labute approximate surface area is 395 Å². The number of fused-ring (bicyclic) bond motifs is 2. The Morgan fingerprint density at radius 1 is 1.03 bits per heavy atom. The first-order valence-corrected chi connectivity index (χ1v) is 24.6. The number of rotatable bonds is 12. The number of amides is 1. The first-order chi connectivity index (χ1) is 32.2. The molecule has 16 nitrogen and oxygen atoms in total. The Balaban J connectivity index is 1.01. The number of carbonyl (C=O) groups is 1. The van der Waals surface area contributed by atoms with Gasteiger partial charge in [0.1, 0.15) is 23.6 Å². The average molecular weight is 949 g/mol. The van der Waals surface area contributed by atoms with E-state index >= 15 is 0 Å². The summed E-state index contributed by atoms with van der Waals surface area (Å²) in [6, 6.07) is 23.0. The summed E-state index contributed by atoms with van der Waals surface area (Å²) in [6.07, 6.45) is 6.52. The quantitative estimate of drug-likeness (QED) is 0.0795. The fraction of sp³-hybridized carbons (Fsp3) is 0.408. The van der Waals surface area contributed by atoms with E-state index in [1.165, 1.54) is 28.8 Å². The topological polar surface area (TPSA) is 199 Å². The molecule has 3 aromatic carbocycles. The van der Waals surface area contributed by atoms with Crippen LogP contribution in [0.15, 0.2) is 89.5 Å². The first-order valence-electron chi connectivity index (χ1n) is 22.8. The number of H-pyrrole nitrogens is 1. The molecule has 3 aliphatic heterocycles. The lowest BCUT2D eigenvalue weighted by Gasteiger charge is -2.39. The Kier molecular flexibility index (Phi) is 13.2. The van der Waals surface area contributed by atoms with E-state index in [-0.39, 0.29) is 41.6 Å². The highest BCUT2D eigenvalue weighted by atomic mass is 35.5. The molecule has 9 rings (SSSR count). The zero-order chi connectivity index (χ0) is 46.9. The normalized spacial score (nSPS) is 19.3. The summed E-state index contributed by atoms with van der Waals surface area (Å²) in [7, 11) is -4.63. The fourth-order valence-electron chi connectivity index (χ4n) is 9.56. The minimum atomic E-state index is -4.63. The molecule has 3 N–H and O–H groups in total. The van der Waals surface area contributed by atoms with Gasteiger partial charge in [-0.25, -0.2) is 13.1 Å². The monoisotopic (exact) mass is 947 g/mol. The number of aromatic amines is 1. The predicted molar refractivity (Wildman–Crippen MR) is 259 cm³/mol. The van der Waals surface area contributed by atoms with Gasteiger partial charge in [-0.1, -0.05) is 43.2 Å². The van der Waals surface area contributed by atoms with Gasteiger partial charge in [-0.3, -0.25) is 19.8 Å². The van der Waals surface area contributed by atoms with Crippen molar-refractivity contribution in [3.8, 4) is 11.9 Å². The molecule has 0 saturated carbocycles. The number of hydrogen-bond donors (Lipinski definition) is 3. The molecule has 4 aliphatic rings. The summed E-state index contributed by atoms with van der Waals surface area (Å²) in [4.78, 5) is 40.0. The molecular formula is C49H54ClN9O7S. The van der Waals surface area contributed by atoms with Crippen molar-refractivity contribution in [1.29, 1.82) is 5.26 Å². The SMILES string of the molecule is CC1(C)CCC(CN2CCN(c3ccc(C(=O)NS(=O)(=O)c4ccc(NCC5CCOCC5)c([N+](=O)[O-])c4)c(N4C[C@@H](C#N)COc5nc6[nH]ccc6cc54)c3)CC2)=C(c2ccc(Cl)cc2)C1. The molecule has 1 atom stereocenters. The smallest absolute Gasteiger partial charge is 0.293 e. The van der Waals surface area contributed by atoms with E-state index in [1.807, 2.05) is 30.3 Å². The number of allylic oxidation sites excluding steroid dienone is 1. The third kappa shape index (κ3) is 10.2. The molecule has 1 amide bonds. The third-order valence-electron chi connectivity index (χ3n) is 13.5. The molecule has 2 saturated heterocycles. The molecule has 0 spiro atoms. The summed E-state index contributed by atoms with van der Waals surface area (Å²) in [5.41, 5.74) is 6.27. The molecule has 0 unspecified atom stereocenters. The highest BCUT2D eigenvalue weighted by molar-refractivity contribution is 7.90. The number of nitrogens with zero attached hydrogens (tertiary/aromatic N) is 6. The van der Waals surface area contributed by atoms with Crippen molar-refractivity contribution < 1.29 is 27.6 Å². The number of halogens is 1. The summed E-state index contributed by atoms with van der Waals surface area (Å²) < 4.78 is 41.7. The number of pyridine rings is 1. The summed E-state index contributed by atoms with van der Waals surface area (Å²) in [6.45, 7) is 10.3. The number of sulfonamides is 1. The molecule has 2 fully saturated rings. The second-order valence-electron chi connectivity index (χ2n) is 18.7. The molecule has 2 aromatic heterocycles. The van der Waals surface area contributed by atoms with Gasteiger partial charge >= 0.3 is 0 Å². The van der Waals surface area contributed by atoms with Crippen LogP contribution in [-0.4, -0.2) is 99.8 Å². The van der Waals surface area contributed by atoms with Gasteiger partial charge in [0.05, 0.1) is 33.1 Å². The van der Waals surface area contributed by atoms with Crippen LogP contribution in [0.1, 0.15) is 61.9 Å².